The van der Waals surface area contributed by atoms with Crippen molar-refractivity contribution in [1.82, 2.24) is 9.97 Å². The fourth-order valence-corrected chi connectivity index (χ4v) is 1.67. The van der Waals surface area contributed by atoms with Crippen LogP contribution in [-0.2, 0) is 0 Å². The van der Waals surface area contributed by atoms with Crippen molar-refractivity contribution >= 4 is 5.78 Å². The summed E-state index contributed by atoms with van der Waals surface area (Å²) in [5.74, 6) is 1.04. The number of nitrogens with one attached hydrogen (secondary N) is 1. The van der Waals surface area contributed by atoms with Crippen LogP contribution in [0.15, 0.2) is 24.4 Å². The smallest absolute Gasteiger partial charge is 0.194 e. The number of ether oxygens (including phenoxy) is 1. The molecule has 1 N–H and O–H groups in total. The first-order valence-corrected chi connectivity index (χ1v) is 5.33. The topological polar surface area (TPSA) is 55.0 Å². The predicted octanol–water partition coefficient (Wildman–Crippen LogP) is 2.60. The number of methoxy groups -OCH3 is 1. The van der Waals surface area contributed by atoms with E-state index in [1.54, 1.807) is 13.3 Å². The predicted molar refractivity (Wildman–Crippen MR) is 65.3 cm³/mol. The fourth-order valence-electron chi connectivity index (χ4n) is 1.67. The summed E-state index contributed by atoms with van der Waals surface area (Å²) in [6.45, 7) is 3.49. The Balaban J connectivity index is 2.51. The lowest BCUT2D eigenvalue weighted by atomic mass is 10.1. The Morgan fingerprint density at radius 1 is 1.41 bits per heavy atom. The van der Waals surface area contributed by atoms with Gasteiger partial charge in [-0.2, -0.15) is 0 Å². The normalized spacial score (nSPS) is 10.3. The summed E-state index contributed by atoms with van der Waals surface area (Å²) in [7, 11) is 1.62. The average molecular weight is 230 g/mol. The molecule has 0 amide bonds. The number of carbonyl (C=O) groups excluding carboxylic acids is 1. The highest BCUT2D eigenvalue weighted by molar-refractivity contribution is 5.91. The minimum absolute atomic E-state index is 0.0807. The molecule has 0 atom stereocenters. The van der Waals surface area contributed by atoms with Crippen LogP contribution in [0.4, 0.5) is 0 Å². The van der Waals surface area contributed by atoms with Gasteiger partial charge in [0, 0.05) is 12.5 Å². The van der Waals surface area contributed by atoms with Gasteiger partial charge in [-0.05, 0) is 19.1 Å². The molecule has 0 fully saturated rings. The van der Waals surface area contributed by atoms with E-state index in [9.17, 15) is 4.79 Å². The molecule has 2 aromatic rings. The Morgan fingerprint density at radius 2 is 2.18 bits per heavy atom. The molecule has 2 rings (SSSR count). The van der Waals surface area contributed by atoms with E-state index in [2.05, 4.69) is 9.97 Å². The zero-order valence-electron chi connectivity index (χ0n) is 10.1. The largest absolute Gasteiger partial charge is 0.496 e. The molecular formula is C13H14N2O2. The first-order chi connectivity index (χ1) is 8.11. The Morgan fingerprint density at radius 3 is 2.76 bits per heavy atom. The van der Waals surface area contributed by atoms with Crippen LogP contribution in [0.2, 0.25) is 0 Å². The van der Waals surface area contributed by atoms with Crippen LogP contribution in [0.1, 0.15) is 23.1 Å². The first-order valence-electron chi connectivity index (χ1n) is 5.33. The molecule has 0 unspecified atom stereocenters. The molecule has 0 aliphatic heterocycles. The molecule has 0 radical (unpaired) electrons. The summed E-state index contributed by atoms with van der Waals surface area (Å²) in [6.07, 6.45) is 1.65. The van der Waals surface area contributed by atoms with Crippen LogP contribution in [0.5, 0.6) is 5.75 Å². The van der Waals surface area contributed by atoms with Crippen molar-refractivity contribution in [2.75, 3.05) is 7.11 Å². The number of ketones is 1. The van der Waals surface area contributed by atoms with E-state index in [4.69, 9.17) is 4.74 Å². The van der Waals surface area contributed by atoms with Crippen LogP contribution in [-0.4, -0.2) is 22.9 Å². The summed E-state index contributed by atoms with van der Waals surface area (Å²) in [4.78, 5) is 18.2. The highest BCUT2D eigenvalue weighted by Crippen LogP contribution is 2.29. The van der Waals surface area contributed by atoms with Crippen molar-refractivity contribution in [2.45, 2.75) is 13.8 Å². The molecule has 0 aliphatic rings. The number of hydrogen-bond donors (Lipinski definition) is 1. The SMILES string of the molecule is COc1ccc(C)cc1-c1cnc(C(C)=O)[nH]1. The van der Waals surface area contributed by atoms with Gasteiger partial charge in [0.05, 0.1) is 19.0 Å². The zero-order chi connectivity index (χ0) is 12.4. The maximum absolute atomic E-state index is 11.2. The molecule has 1 aromatic carbocycles. The lowest BCUT2D eigenvalue weighted by Gasteiger charge is -2.07. The summed E-state index contributed by atoms with van der Waals surface area (Å²) >= 11 is 0. The van der Waals surface area contributed by atoms with Crippen molar-refractivity contribution < 1.29 is 9.53 Å². The number of carbonyl (C=O) groups is 1. The van der Waals surface area contributed by atoms with Gasteiger partial charge in [-0.1, -0.05) is 11.6 Å². The molecule has 1 aromatic heterocycles. The Hall–Kier alpha value is -2.10. The highest BCUT2D eigenvalue weighted by Gasteiger charge is 2.10. The van der Waals surface area contributed by atoms with Crippen LogP contribution in [0, 0.1) is 6.92 Å². The fraction of sp³-hybridized carbons (Fsp3) is 0.231. The average Bonchev–Trinajstić information content (AvgIpc) is 2.78. The molecule has 0 aliphatic carbocycles. The third-order valence-electron chi connectivity index (χ3n) is 2.55. The summed E-state index contributed by atoms with van der Waals surface area (Å²) in [6, 6.07) is 5.87. The second kappa shape index (κ2) is 4.41. The van der Waals surface area contributed by atoms with E-state index < -0.39 is 0 Å². The van der Waals surface area contributed by atoms with Gasteiger partial charge in [0.2, 0.25) is 0 Å². The van der Waals surface area contributed by atoms with Crippen LogP contribution < -0.4 is 4.74 Å². The van der Waals surface area contributed by atoms with Crippen molar-refractivity contribution in [2.24, 2.45) is 0 Å². The molecule has 0 saturated heterocycles. The number of aromatic nitrogens is 2. The second-order valence-corrected chi connectivity index (χ2v) is 3.91. The van der Waals surface area contributed by atoms with E-state index in [1.165, 1.54) is 6.92 Å². The molecule has 0 saturated carbocycles. The van der Waals surface area contributed by atoms with Gasteiger partial charge in [0.25, 0.3) is 0 Å². The first kappa shape index (κ1) is 11.4. The maximum atomic E-state index is 11.2. The van der Waals surface area contributed by atoms with Crippen molar-refractivity contribution in [1.29, 1.82) is 0 Å². The molecule has 4 nitrogen and oxygen atoms in total. The van der Waals surface area contributed by atoms with Gasteiger partial charge in [0.1, 0.15) is 5.75 Å². The molecule has 4 heteroatoms. The van der Waals surface area contributed by atoms with E-state index in [0.29, 0.717) is 5.82 Å². The van der Waals surface area contributed by atoms with E-state index in [0.717, 1.165) is 22.6 Å². The van der Waals surface area contributed by atoms with Gasteiger partial charge in [-0.15, -0.1) is 0 Å². The monoisotopic (exact) mass is 230 g/mol. The Labute approximate surface area is 99.7 Å². The second-order valence-electron chi connectivity index (χ2n) is 3.91. The quantitative estimate of drug-likeness (QED) is 0.824. The summed E-state index contributed by atoms with van der Waals surface area (Å²) < 4.78 is 5.29. The zero-order valence-corrected chi connectivity index (χ0v) is 10.1. The highest BCUT2D eigenvalue weighted by atomic mass is 16.5. The molecule has 17 heavy (non-hydrogen) atoms. The van der Waals surface area contributed by atoms with Crippen molar-refractivity contribution in [3.05, 3.63) is 35.8 Å². The molecular weight excluding hydrogens is 216 g/mol. The Kier molecular flexibility index (Phi) is 2.95. The molecule has 1 heterocycles. The lowest BCUT2D eigenvalue weighted by Crippen LogP contribution is -1.94. The number of benzene rings is 1. The number of imidazole rings is 1. The molecule has 0 bridgehead atoms. The van der Waals surface area contributed by atoms with Crippen molar-refractivity contribution in [3.8, 4) is 17.0 Å². The van der Waals surface area contributed by atoms with Gasteiger partial charge in [0.15, 0.2) is 11.6 Å². The van der Waals surface area contributed by atoms with E-state index in [-0.39, 0.29) is 5.78 Å². The standard InChI is InChI=1S/C13H14N2O2/c1-8-4-5-12(17-3)10(6-8)11-7-14-13(15-11)9(2)16/h4-7H,1-3H3,(H,14,15). The van der Waals surface area contributed by atoms with E-state index in [1.807, 2.05) is 25.1 Å². The number of aryl methyl sites for hydroxylation is 1. The van der Waals surface area contributed by atoms with E-state index >= 15 is 0 Å². The third kappa shape index (κ3) is 2.20. The van der Waals surface area contributed by atoms with Crippen LogP contribution >= 0.6 is 0 Å². The number of rotatable bonds is 3. The molecule has 0 spiro atoms. The minimum Gasteiger partial charge on any atom is -0.496 e. The van der Waals surface area contributed by atoms with Crippen LogP contribution in [0.3, 0.4) is 0 Å². The summed E-state index contributed by atoms with van der Waals surface area (Å²) in [5, 5.41) is 0. The van der Waals surface area contributed by atoms with Crippen LogP contribution in [0.25, 0.3) is 11.3 Å². The maximum Gasteiger partial charge on any atom is 0.194 e. The van der Waals surface area contributed by atoms with Gasteiger partial charge < -0.3 is 9.72 Å². The summed E-state index contributed by atoms with van der Waals surface area (Å²) in [5.41, 5.74) is 2.82. The van der Waals surface area contributed by atoms with Gasteiger partial charge >= 0.3 is 0 Å². The Bertz CT molecular complexity index is 558. The number of Topliss-reactive ketones (excluding diaryl/α,β-unsaturated/α-hetero) is 1. The number of hydrogen-bond acceptors (Lipinski definition) is 3. The lowest BCUT2D eigenvalue weighted by molar-refractivity contribution is 0.100. The van der Waals surface area contributed by atoms with Crippen molar-refractivity contribution in [3.63, 3.8) is 0 Å². The van der Waals surface area contributed by atoms with Gasteiger partial charge in [-0.3, -0.25) is 4.79 Å². The minimum atomic E-state index is -0.0807. The van der Waals surface area contributed by atoms with Gasteiger partial charge in [-0.25, -0.2) is 4.98 Å². The number of H-pyrrole nitrogens is 1. The molecule has 88 valence electrons. The third-order valence-corrected chi connectivity index (χ3v) is 2.55. The number of aromatic amines is 1. The number of nitrogens with zero attached hydrogens (tertiary/aromatic N) is 1.